The number of aliphatic carboxylic acids is 1. The molecule has 0 bridgehead atoms. The number of aliphatic hydroxyl groups excluding tert-OH is 1. The Labute approximate surface area is 145 Å². The van der Waals surface area contributed by atoms with E-state index in [0.29, 0.717) is 12.1 Å². The number of hydrogen-bond acceptors (Lipinski definition) is 6. The van der Waals surface area contributed by atoms with Crippen LogP contribution in [0, 0.1) is 5.92 Å². The van der Waals surface area contributed by atoms with Gasteiger partial charge in [0.25, 0.3) is 0 Å². The number of carboxylic acid groups (broad SMARTS) is 1. The number of hydrogen-bond donors (Lipinski definition) is 6. The highest BCUT2D eigenvalue weighted by Crippen LogP contribution is 2.05. The summed E-state index contributed by atoms with van der Waals surface area (Å²) in [5.74, 6) is -2.42. The Morgan fingerprint density at radius 3 is 2.36 bits per heavy atom. The van der Waals surface area contributed by atoms with Gasteiger partial charge in [-0.1, -0.05) is 13.8 Å². The Kier molecular flexibility index (Phi) is 8.02. The lowest BCUT2D eigenvalue weighted by atomic mass is 10.0. The molecular weight excluding hydrogens is 330 g/mol. The number of carboxylic acids is 1. The Hall–Kier alpha value is -2.46. The first kappa shape index (κ1) is 20.6. The quantitative estimate of drug-likeness (QED) is 0.292. The Bertz CT molecular complexity index is 575. The molecule has 1 rings (SSSR count). The monoisotopic (exact) mass is 355 g/mol. The van der Waals surface area contributed by atoms with Crippen LogP contribution in [0.4, 0.5) is 0 Å². The SMILES string of the molecule is CC(C)C[C@H](N)C(=O)N[C@@H](Cc1cnc[nH]1)C(=O)N[C@@H](CO)C(=O)O. The van der Waals surface area contributed by atoms with Gasteiger partial charge in [-0.3, -0.25) is 9.59 Å². The molecule has 3 atom stereocenters. The summed E-state index contributed by atoms with van der Waals surface area (Å²) < 4.78 is 0. The predicted molar refractivity (Wildman–Crippen MR) is 88.3 cm³/mol. The molecule has 10 heteroatoms. The van der Waals surface area contributed by atoms with E-state index in [0.717, 1.165) is 0 Å². The first-order valence-electron chi connectivity index (χ1n) is 7.91. The van der Waals surface area contributed by atoms with Crippen LogP contribution in [-0.2, 0) is 20.8 Å². The van der Waals surface area contributed by atoms with Crippen LogP contribution in [0.2, 0.25) is 0 Å². The van der Waals surface area contributed by atoms with Crippen LogP contribution >= 0.6 is 0 Å². The van der Waals surface area contributed by atoms with E-state index in [1.54, 1.807) is 0 Å². The summed E-state index contributed by atoms with van der Waals surface area (Å²) in [6, 6.07) is -3.30. The van der Waals surface area contributed by atoms with E-state index in [2.05, 4.69) is 20.6 Å². The van der Waals surface area contributed by atoms with Crippen molar-refractivity contribution >= 4 is 17.8 Å². The number of carbonyl (C=O) groups excluding carboxylic acids is 2. The number of rotatable bonds is 10. The van der Waals surface area contributed by atoms with Crippen molar-refractivity contribution in [3.8, 4) is 0 Å². The number of H-pyrrole nitrogens is 1. The number of nitrogens with two attached hydrogens (primary N) is 1. The van der Waals surface area contributed by atoms with Crippen molar-refractivity contribution in [2.45, 2.75) is 44.8 Å². The van der Waals surface area contributed by atoms with Crippen molar-refractivity contribution in [2.75, 3.05) is 6.61 Å². The first-order chi connectivity index (χ1) is 11.7. The minimum Gasteiger partial charge on any atom is -0.480 e. The maximum atomic E-state index is 12.3. The summed E-state index contributed by atoms with van der Waals surface area (Å²) in [5.41, 5.74) is 6.40. The summed E-state index contributed by atoms with van der Waals surface area (Å²) in [6.07, 6.45) is 3.42. The largest absolute Gasteiger partial charge is 0.480 e. The molecule has 0 aromatic carbocycles. The smallest absolute Gasteiger partial charge is 0.328 e. The maximum Gasteiger partial charge on any atom is 0.328 e. The van der Waals surface area contributed by atoms with Crippen molar-refractivity contribution in [3.63, 3.8) is 0 Å². The molecule has 0 saturated heterocycles. The number of nitrogens with one attached hydrogen (secondary N) is 3. The molecule has 1 aromatic heterocycles. The van der Waals surface area contributed by atoms with Crippen LogP contribution in [0.25, 0.3) is 0 Å². The number of carbonyl (C=O) groups is 3. The summed E-state index contributed by atoms with van der Waals surface area (Å²) in [7, 11) is 0. The molecule has 140 valence electrons. The number of nitrogens with zero attached hydrogens (tertiary/aromatic N) is 1. The predicted octanol–water partition coefficient (Wildman–Crippen LogP) is -1.63. The number of aromatic nitrogens is 2. The summed E-state index contributed by atoms with van der Waals surface area (Å²) in [4.78, 5) is 42.2. The fourth-order valence-corrected chi connectivity index (χ4v) is 2.18. The Balaban J connectivity index is 2.83. The zero-order chi connectivity index (χ0) is 19.0. The molecule has 0 unspecified atom stereocenters. The highest BCUT2D eigenvalue weighted by Gasteiger charge is 2.28. The fraction of sp³-hybridized carbons (Fsp3) is 0.600. The van der Waals surface area contributed by atoms with Crippen molar-refractivity contribution in [3.05, 3.63) is 18.2 Å². The summed E-state index contributed by atoms with van der Waals surface area (Å²) >= 11 is 0. The lowest BCUT2D eigenvalue weighted by Crippen LogP contribution is -2.56. The molecule has 1 heterocycles. The van der Waals surface area contributed by atoms with Gasteiger partial charge in [-0.2, -0.15) is 0 Å². The lowest BCUT2D eigenvalue weighted by molar-refractivity contribution is -0.143. The molecule has 25 heavy (non-hydrogen) atoms. The molecule has 0 radical (unpaired) electrons. The molecule has 0 spiro atoms. The second-order valence-electron chi connectivity index (χ2n) is 6.16. The normalized spacial score (nSPS) is 14.6. The van der Waals surface area contributed by atoms with Crippen LogP contribution in [0.5, 0.6) is 0 Å². The van der Waals surface area contributed by atoms with Crippen LogP contribution in [0.15, 0.2) is 12.5 Å². The van der Waals surface area contributed by atoms with Crippen molar-refractivity contribution in [1.82, 2.24) is 20.6 Å². The molecule has 0 fully saturated rings. The van der Waals surface area contributed by atoms with Gasteiger partial charge in [-0.25, -0.2) is 9.78 Å². The molecule has 1 aromatic rings. The third kappa shape index (κ3) is 6.89. The van der Waals surface area contributed by atoms with Crippen molar-refractivity contribution in [2.24, 2.45) is 11.7 Å². The van der Waals surface area contributed by atoms with Crippen molar-refractivity contribution < 1.29 is 24.6 Å². The molecule has 10 nitrogen and oxygen atoms in total. The van der Waals surface area contributed by atoms with Crippen LogP contribution in [0.1, 0.15) is 26.0 Å². The van der Waals surface area contributed by atoms with E-state index >= 15 is 0 Å². The van der Waals surface area contributed by atoms with Crippen LogP contribution in [-0.4, -0.2) is 62.7 Å². The van der Waals surface area contributed by atoms with Gasteiger partial charge >= 0.3 is 5.97 Å². The average Bonchev–Trinajstić information content (AvgIpc) is 3.03. The van der Waals surface area contributed by atoms with Gasteiger partial charge in [-0.15, -0.1) is 0 Å². The minimum atomic E-state index is -1.46. The number of aromatic amines is 1. The van der Waals surface area contributed by atoms with E-state index in [4.69, 9.17) is 15.9 Å². The van der Waals surface area contributed by atoms with Gasteiger partial charge < -0.3 is 31.6 Å². The van der Waals surface area contributed by atoms with Gasteiger partial charge in [-0.05, 0) is 12.3 Å². The molecular formula is C15H25N5O5. The van der Waals surface area contributed by atoms with Gasteiger partial charge in [0.15, 0.2) is 0 Å². The van der Waals surface area contributed by atoms with E-state index in [1.165, 1.54) is 12.5 Å². The first-order valence-corrected chi connectivity index (χ1v) is 7.91. The highest BCUT2D eigenvalue weighted by atomic mass is 16.4. The van der Waals surface area contributed by atoms with Crippen LogP contribution in [0.3, 0.4) is 0 Å². The summed E-state index contributed by atoms with van der Waals surface area (Å²) in [6.45, 7) is 3.07. The molecule has 2 amide bonds. The van der Waals surface area contributed by atoms with Crippen molar-refractivity contribution in [1.29, 1.82) is 0 Å². The van der Waals surface area contributed by atoms with E-state index in [9.17, 15) is 14.4 Å². The summed E-state index contributed by atoms with van der Waals surface area (Å²) in [5, 5.41) is 22.7. The average molecular weight is 355 g/mol. The third-order valence-corrected chi connectivity index (χ3v) is 3.47. The van der Waals surface area contributed by atoms with Gasteiger partial charge in [0.2, 0.25) is 11.8 Å². The molecule has 0 aliphatic rings. The third-order valence-electron chi connectivity index (χ3n) is 3.47. The van der Waals surface area contributed by atoms with E-state index in [-0.39, 0.29) is 12.3 Å². The topological polar surface area (TPSA) is 170 Å². The minimum absolute atomic E-state index is 0.0732. The number of aliphatic hydroxyl groups is 1. The Morgan fingerprint density at radius 2 is 1.88 bits per heavy atom. The number of imidazole rings is 1. The van der Waals surface area contributed by atoms with Gasteiger partial charge in [0, 0.05) is 18.3 Å². The standard InChI is InChI=1S/C15H25N5O5/c1-8(2)3-10(16)13(22)19-11(4-9-5-17-7-18-9)14(23)20-12(6-21)15(24)25/h5,7-8,10-12,21H,3-4,6,16H2,1-2H3,(H,17,18)(H,19,22)(H,20,23)(H,24,25)/t10-,11-,12-/m0/s1. The van der Waals surface area contributed by atoms with Crippen LogP contribution < -0.4 is 16.4 Å². The van der Waals surface area contributed by atoms with E-state index < -0.39 is 42.5 Å². The lowest BCUT2D eigenvalue weighted by Gasteiger charge is -2.22. The molecule has 0 aliphatic heterocycles. The van der Waals surface area contributed by atoms with Gasteiger partial charge in [0.05, 0.1) is 19.0 Å². The Morgan fingerprint density at radius 1 is 1.24 bits per heavy atom. The van der Waals surface area contributed by atoms with E-state index in [1.807, 2.05) is 13.8 Å². The highest BCUT2D eigenvalue weighted by molar-refractivity contribution is 5.91. The van der Waals surface area contributed by atoms with Gasteiger partial charge in [0.1, 0.15) is 12.1 Å². The second kappa shape index (κ2) is 9.74. The molecule has 7 N–H and O–H groups in total. The molecule has 0 saturated carbocycles. The second-order valence-corrected chi connectivity index (χ2v) is 6.16. The zero-order valence-electron chi connectivity index (χ0n) is 14.2. The fourth-order valence-electron chi connectivity index (χ4n) is 2.18. The maximum absolute atomic E-state index is 12.3. The molecule has 0 aliphatic carbocycles. The number of amides is 2. The zero-order valence-corrected chi connectivity index (χ0v) is 14.2.